The zero-order valence-electron chi connectivity index (χ0n) is 15.8. The number of amides is 1. The van der Waals surface area contributed by atoms with Crippen LogP contribution in [0.25, 0.3) is 10.9 Å². The molecular weight excluding hydrogens is 507 g/mol. The monoisotopic (exact) mass is 525 g/mol. The first-order valence-electron chi connectivity index (χ1n) is 9.26. The Morgan fingerprint density at radius 1 is 1.27 bits per heavy atom. The highest BCUT2D eigenvalue weighted by atomic mass is 127. The van der Waals surface area contributed by atoms with Gasteiger partial charge in [-0.05, 0) is 28.2 Å². The number of alkyl halides is 2. The van der Waals surface area contributed by atoms with E-state index in [1.165, 1.54) is 0 Å². The van der Waals surface area contributed by atoms with E-state index in [2.05, 4.69) is 42.9 Å². The standard InChI is InChI=1S/C20H18F2IN5O2/c21-20(22)6-15(26-18-25-8-14-7-24-9-16(23)17(14)27-18)10-28(12-20)19(29)30-11-13-4-2-1-3-5-13/h1-5,7-9,15H,6,10-12H2,(H,25,26,27)/t15-/m0/s1. The van der Waals surface area contributed by atoms with Gasteiger partial charge in [0.2, 0.25) is 5.95 Å². The van der Waals surface area contributed by atoms with Crippen LogP contribution in [0.2, 0.25) is 0 Å². The van der Waals surface area contributed by atoms with Gasteiger partial charge in [-0.1, -0.05) is 30.3 Å². The van der Waals surface area contributed by atoms with Gasteiger partial charge in [0, 0.05) is 36.9 Å². The molecule has 3 heterocycles. The van der Waals surface area contributed by atoms with Gasteiger partial charge in [-0.3, -0.25) is 4.98 Å². The van der Waals surface area contributed by atoms with Crippen LogP contribution in [0.3, 0.4) is 0 Å². The Morgan fingerprint density at radius 3 is 2.87 bits per heavy atom. The molecule has 10 heteroatoms. The van der Waals surface area contributed by atoms with Crippen molar-refractivity contribution in [3.05, 3.63) is 58.1 Å². The third-order valence-corrected chi connectivity index (χ3v) is 5.44. The Bertz CT molecular complexity index is 1050. The van der Waals surface area contributed by atoms with Crippen molar-refractivity contribution < 1.29 is 18.3 Å². The maximum Gasteiger partial charge on any atom is 0.410 e. The molecular formula is C20H18F2IN5O2. The summed E-state index contributed by atoms with van der Waals surface area (Å²) in [5, 5.41) is 3.70. The Hall–Kier alpha value is -2.63. The molecule has 0 spiro atoms. The van der Waals surface area contributed by atoms with Crippen molar-refractivity contribution in [1.29, 1.82) is 0 Å². The SMILES string of the molecule is O=C(OCc1ccccc1)N1C[C@@H](Nc2ncc3cncc(I)c3n2)CC(F)(F)C1. The molecule has 3 aromatic rings. The summed E-state index contributed by atoms with van der Waals surface area (Å²) in [6.45, 7) is -0.584. The second-order valence-corrected chi connectivity index (χ2v) is 8.24. The lowest BCUT2D eigenvalue weighted by Gasteiger charge is -2.37. The van der Waals surface area contributed by atoms with E-state index in [1.807, 2.05) is 18.2 Å². The quantitative estimate of drug-likeness (QED) is 0.518. The van der Waals surface area contributed by atoms with E-state index in [1.54, 1.807) is 30.7 Å². The fourth-order valence-corrected chi connectivity index (χ4v) is 3.91. The van der Waals surface area contributed by atoms with Crippen molar-refractivity contribution in [1.82, 2.24) is 19.9 Å². The molecule has 0 saturated carbocycles. The van der Waals surface area contributed by atoms with Crippen LogP contribution in [-0.2, 0) is 11.3 Å². The zero-order chi connectivity index (χ0) is 21.1. The molecule has 0 radical (unpaired) electrons. The van der Waals surface area contributed by atoms with Gasteiger partial charge in [-0.2, -0.15) is 0 Å². The van der Waals surface area contributed by atoms with Crippen LogP contribution < -0.4 is 5.32 Å². The molecule has 4 rings (SSSR count). The first-order chi connectivity index (χ1) is 14.4. The van der Waals surface area contributed by atoms with Crippen LogP contribution in [0.15, 0.2) is 48.9 Å². The lowest BCUT2D eigenvalue weighted by Crippen LogP contribution is -2.54. The number of benzene rings is 1. The minimum absolute atomic E-state index is 0.0279. The molecule has 2 aromatic heterocycles. The molecule has 0 unspecified atom stereocenters. The van der Waals surface area contributed by atoms with E-state index in [-0.39, 0.29) is 19.1 Å². The molecule has 0 aliphatic carbocycles. The number of anilines is 1. The molecule has 1 saturated heterocycles. The van der Waals surface area contributed by atoms with E-state index < -0.39 is 31.0 Å². The number of pyridine rings is 1. The minimum atomic E-state index is -3.04. The van der Waals surface area contributed by atoms with Gasteiger partial charge in [0.1, 0.15) is 6.61 Å². The summed E-state index contributed by atoms with van der Waals surface area (Å²) < 4.78 is 34.7. The van der Waals surface area contributed by atoms with Gasteiger partial charge < -0.3 is 15.0 Å². The molecule has 0 bridgehead atoms. The first kappa shape index (κ1) is 20.6. The van der Waals surface area contributed by atoms with Crippen molar-refractivity contribution >= 4 is 45.5 Å². The molecule has 1 N–H and O–H groups in total. The molecule has 30 heavy (non-hydrogen) atoms. The van der Waals surface area contributed by atoms with Crippen LogP contribution in [0.4, 0.5) is 19.5 Å². The fraction of sp³-hybridized carbons (Fsp3) is 0.300. The Kier molecular flexibility index (Phi) is 5.93. The number of nitrogens with one attached hydrogen (secondary N) is 1. The number of hydrogen-bond donors (Lipinski definition) is 1. The molecule has 7 nitrogen and oxygen atoms in total. The minimum Gasteiger partial charge on any atom is -0.445 e. The topological polar surface area (TPSA) is 80.2 Å². The van der Waals surface area contributed by atoms with Gasteiger partial charge in [0.05, 0.1) is 21.7 Å². The summed E-state index contributed by atoms with van der Waals surface area (Å²) in [6.07, 6.45) is 3.70. The molecule has 1 atom stereocenters. The largest absolute Gasteiger partial charge is 0.445 e. The van der Waals surface area contributed by atoms with Crippen LogP contribution in [0.1, 0.15) is 12.0 Å². The lowest BCUT2D eigenvalue weighted by atomic mass is 10.0. The maximum atomic E-state index is 14.3. The van der Waals surface area contributed by atoms with Crippen LogP contribution in [0.5, 0.6) is 0 Å². The predicted molar refractivity (Wildman–Crippen MR) is 115 cm³/mol. The molecule has 1 aliphatic rings. The number of carbonyl (C=O) groups excluding carboxylic acids is 1. The van der Waals surface area contributed by atoms with E-state index in [4.69, 9.17) is 4.74 Å². The van der Waals surface area contributed by atoms with Crippen LogP contribution in [0, 0.1) is 3.57 Å². The number of carbonyl (C=O) groups is 1. The maximum absolute atomic E-state index is 14.3. The summed E-state index contributed by atoms with van der Waals surface area (Å²) in [5.41, 5.74) is 1.47. The average Bonchev–Trinajstić information content (AvgIpc) is 2.72. The number of halogens is 3. The number of ether oxygens (including phenoxy) is 1. The number of likely N-dealkylation sites (tertiary alicyclic amines) is 1. The fourth-order valence-electron chi connectivity index (χ4n) is 3.32. The second kappa shape index (κ2) is 8.62. The van der Waals surface area contributed by atoms with Crippen molar-refractivity contribution in [3.63, 3.8) is 0 Å². The summed E-state index contributed by atoms with van der Waals surface area (Å²) in [7, 11) is 0. The summed E-state index contributed by atoms with van der Waals surface area (Å²) >= 11 is 2.11. The Labute approximate surface area is 185 Å². The molecule has 1 aliphatic heterocycles. The summed E-state index contributed by atoms with van der Waals surface area (Å²) in [6, 6.07) is 8.37. The highest BCUT2D eigenvalue weighted by Gasteiger charge is 2.43. The second-order valence-electron chi connectivity index (χ2n) is 7.07. The van der Waals surface area contributed by atoms with Crippen molar-refractivity contribution in [2.45, 2.75) is 25.0 Å². The number of fused-ring (bicyclic) bond motifs is 1. The van der Waals surface area contributed by atoms with Gasteiger partial charge in [-0.15, -0.1) is 0 Å². The van der Waals surface area contributed by atoms with Crippen LogP contribution >= 0.6 is 22.6 Å². The third-order valence-electron chi connectivity index (χ3n) is 4.65. The van der Waals surface area contributed by atoms with Gasteiger partial charge in [0.15, 0.2) is 0 Å². The highest BCUT2D eigenvalue weighted by Crippen LogP contribution is 2.29. The zero-order valence-corrected chi connectivity index (χ0v) is 17.9. The molecule has 1 aromatic carbocycles. The van der Waals surface area contributed by atoms with Gasteiger partial charge in [0.25, 0.3) is 5.92 Å². The highest BCUT2D eigenvalue weighted by molar-refractivity contribution is 14.1. The molecule has 1 fully saturated rings. The Balaban J connectivity index is 1.44. The van der Waals surface area contributed by atoms with Crippen molar-refractivity contribution in [2.24, 2.45) is 0 Å². The van der Waals surface area contributed by atoms with E-state index >= 15 is 0 Å². The normalized spacial score (nSPS) is 18.2. The van der Waals surface area contributed by atoms with Gasteiger partial charge >= 0.3 is 6.09 Å². The third kappa shape index (κ3) is 4.91. The van der Waals surface area contributed by atoms with E-state index in [0.29, 0.717) is 5.52 Å². The lowest BCUT2D eigenvalue weighted by molar-refractivity contribution is -0.0650. The number of hydrogen-bond acceptors (Lipinski definition) is 6. The number of rotatable bonds is 4. The smallest absolute Gasteiger partial charge is 0.410 e. The van der Waals surface area contributed by atoms with E-state index in [0.717, 1.165) is 19.4 Å². The average molecular weight is 525 g/mol. The summed E-state index contributed by atoms with van der Waals surface area (Å²) in [4.78, 5) is 26.1. The molecule has 156 valence electrons. The van der Waals surface area contributed by atoms with Gasteiger partial charge in [-0.25, -0.2) is 23.5 Å². The van der Waals surface area contributed by atoms with E-state index in [9.17, 15) is 13.6 Å². The predicted octanol–water partition coefficient (Wildman–Crippen LogP) is 4.09. The summed E-state index contributed by atoms with van der Waals surface area (Å²) in [5.74, 6) is -2.82. The first-order valence-corrected chi connectivity index (χ1v) is 10.3. The number of aromatic nitrogens is 3. The van der Waals surface area contributed by atoms with Crippen LogP contribution in [-0.4, -0.2) is 51.0 Å². The number of nitrogens with zero attached hydrogens (tertiary/aromatic N) is 4. The molecule has 1 amide bonds. The number of piperidine rings is 1. The van der Waals surface area contributed by atoms with Crippen molar-refractivity contribution in [2.75, 3.05) is 18.4 Å². The van der Waals surface area contributed by atoms with Crippen molar-refractivity contribution in [3.8, 4) is 0 Å². The Morgan fingerprint density at radius 2 is 2.07 bits per heavy atom.